The number of benzene rings is 2. The van der Waals surface area contributed by atoms with Gasteiger partial charge in [0.15, 0.2) is 0 Å². The largest absolute Gasteiger partial charge is 0.274 e. The first-order valence-electron chi connectivity index (χ1n) is 5.36. The van der Waals surface area contributed by atoms with E-state index in [0.717, 1.165) is 10.6 Å². The van der Waals surface area contributed by atoms with Crippen LogP contribution in [0.2, 0.25) is 0 Å². The van der Waals surface area contributed by atoms with E-state index in [1.807, 2.05) is 60.7 Å². The highest BCUT2D eigenvalue weighted by molar-refractivity contribution is 8.01. The quantitative estimate of drug-likeness (QED) is 0.765. The van der Waals surface area contributed by atoms with E-state index in [4.69, 9.17) is 0 Å². The molecule has 2 aromatic rings. The minimum atomic E-state index is 0.0186. The lowest BCUT2D eigenvalue weighted by atomic mass is 10.3. The molecule has 0 unspecified atom stereocenters. The molecule has 0 saturated heterocycles. The minimum absolute atomic E-state index is 0.0186. The number of carbonyl (C=O) groups excluding carboxylic acids is 1. The van der Waals surface area contributed by atoms with Gasteiger partial charge >= 0.3 is 0 Å². The zero-order valence-corrected chi connectivity index (χ0v) is 10.4. The Labute approximate surface area is 105 Å². The molecule has 0 radical (unpaired) electrons. The maximum atomic E-state index is 11.7. The Morgan fingerprint density at radius 1 is 0.941 bits per heavy atom. The Hall–Kier alpha value is -1.74. The lowest BCUT2D eigenvalue weighted by Gasteiger charge is -2.19. The Kier molecular flexibility index (Phi) is 3.83. The summed E-state index contributed by atoms with van der Waals surface area (Å²) < 4.78 is 1.69. The van der Waals surface area contributed by atoms with Gasteiger partial charge in [0.2, 0.25) is 5.91 Å². The molecule has 0 atom stereocenters. The fraction of sp³-hybridized carbons (Fsp3) is 0.0714. The van der Waals surface area contributed by atoms with E-state index in [0.29, 0.717) is 0 Å². The predicted molar refractivity (Wildman–Crippen MR) is 71.9 cm³/mol. The lowest BCUT2D eigenvalue weighted by Crippen LogP contribution is -2.19. The topological polar surface area (TPSA) is 20.3 Å². The zero-order chi connectivity index (χ0) is 12.1. The number of amides is 1. The molecular formula is C14H13NOS. The molecule has 0 saturated carbocycles. The number of anilines is 1. The Morgan fingerprint density at radius 3 is 2.00 bits per heavy atom. The van der Waals surface area contributed by atoms with E-state index >= 15 is 0 Å². The summed E-state index contributed by atoms with van der Waals surface area (Å²) in [5, 5.41) is 0. The molecule has 86 valence electrons. The first-order valence-corrected chi connectivity index (χ1v) is 6.13. The molecule has 17 heavy (non-hydrogen) atoms. The molecule has 0 bridgehead atoms. The second-order valence-electron chi connectivity index (χ2n) is 3.55. The summed E-state index contributed by atoms with van der Waals surface area (Å²) in [6.45, 7) is 1.57. The van der Waals surface area contributed by atoms with Crippen LogP contribution in [0.4, 0.5) is 5.69 Å². The van der Waals surface area contributed by atoms with Crippen LogP contribution in [-0.2, 0) is 4.79 Å². The van der Waals surface area contributed by atoms with Crippen molar-refractivity contribution in [3.8, 4) is 0 Å². The lowest BCUT2D eigenvalue weighted by molar-refractivity contribution is -0.115. The van der Waals surface area contributed by atoms with Crippen molar-refractivity contribution < 1.29 is 4.79 Å². The molecule has 0 heterocycles. The van der Waals surface area contributed by atoms with Gasteiger partial charge in [-0.2, -0.15) is 0 Å². The van der Waals surface area contributed by atoms with Gasteiger partial charge in [-0.15, -0.1) is 0 Å². The fourth-order valence-corrected chi connectivity index (χ4v) is 2.29. The van der Waals surface area contributed by atoms with Crippen LogP contribution in [0.3, 0.4) is 0 Å². The molecule has 0 aliphatic heterocycles. The standard InChI is InChI=1S/C14H13NOS/c1-12(16)15(13-8-4-2-5-9-13)17-14-10-6-3-7-11-14/h2-11H,1H3. The second-order valence-corrected chi connectivity index (χ2v) is 4.57. The average molecular weight is 243 g/mol. The Balaban J connectivity index is 2.23. The molecule has 2 aromatic carbocycles. The first kappa shape index (κ1) is 11.7. The minimum Gasteiger partial charge on any atom is -0.274 e. The monoisotopic (exact) mass is 243 g/mol. The molecule has 0 aromatic heterocycles. The third-order valence-corrected chi connectivity index (χ3v) is 3.35. The second kappa shape index (κ2) is 5.55. The van der Waals surface area contributed by atoms with Crippen molar-refractivity contribution in [3.63, 3.8) is 0 Å². The summed E-state index contributed by atoms with van der Waals surface area (Å²) in [6, 6.07) is 19.5. The number of hydrogen-bond acceptors (Lipinski definition) is 2. The number of hydrogen-bond donors (Lipinski definition) is 0. The highest BCUT2D eigenvalue weighted by Gasteiger charge is 2.12. The van der Waals surface area contributed by atoms with Crippen LogP contribution in [0.1, 0.15) is 6.92 Å². The van der Waals surface area contributed by atoms with Crippen LogP contribution >= 0.6 is 11.9 Å². The van der Waals surface area contributed by atoms with Crippen molar-refractivity contribution in [2.24, 2.45) is 0 Å². The highest BCUT2D eigenvalue weighted by atomic mass is 32.2. The molecule has 0 N–H and O–H groups in total. The van der Waals surface area contributed by atoms with Crippen molar-refractivity contribution in [3.05, 3.63) is 60.7 Å². The van der Waals surface area contributed by atoms with Crippen LogP contribution in [0.5, 0.6) is 0 Å². The number of rotatable bonds is 3. The molecule has 2 nitrogen and oxygen atoms in total. The van der Waals surface area contributed by atoms with Crippen molar-refractivity contribution >= 4 is 23.5 Å². The third kappa shape index (κ3) is 3.11. The van der Waals surface area contributed by atoms with E-state index in [1.165, 1.54) is 11.9 Å². The van der Waals surface area contributed by atoms with Crippen LogP contribution < -0.4 is 4.31 Å². The summed E-state index contributed by atoms with van der Waals surface area (Å²) in [5.41, 5.74) is 0.897. The molecule has 0 fully saturated rings. The van der Waals surface area contributed by atoms with Crippen molar-refractivity contribution in [2.75, 3.05) is 4.31 Å². The van der Waals surface area contributed by atoms with Gasteiger partial charge in [-0.1, -0.05) is 36.4 Å². The summed E-state index contributed by atoms with van der Waals surface area (Å²) >= 11 is 1.43. The van der Waals surface area contributed by atoms with Gasteiger partial charge in [0.05, 0.1) is 5.69 Å². The van der Waals surface area contributed by atoms with E-state index in [2.05, 4.69) is 0 Å². The van der Waals surface area contributed by atoms with E-state index in [-0.39, 0.29) is 5.91 Å². The smallest absolute Gasteiger partial charge is 0.234 e. The van der Waals surface area contributed by atoms with E-state index < -0.39 is 0 Å². The first-order chi connectivity index (χ1) is 8.27. The zero-order valence-electron chi connectivity index (χ0n) is 9.54. The molecule has 3 heteroatoms. The van der Waals surface area contributed by atoms with Gasteiger partial charge in [-0.05, 0) is 36.2 Å². The molecule has 0 aliphatic rings. The average Bonchev–Trinajstić information content (AvgIpc) is 2.38. The maximum Gasteiger partial charge on any atom is 0.234 e. The van der Waals surface area contributed by atoms with Crippen LogP contribution in [0, 0.1) is 0 Å². The van der Waals surface area contributed by atoms with Gasteiger partial charge in [-0.25, -0.2) is 4.31 Å². The van der Waals surface area contributed by atoms with Gasteiger partial charge in [0.1, 0.15) is 0 Å². The van der Waals surface area contributed by atoms with Crippen LogP contribution in [-0.4, -0.2) is 5.91 Å². The SMILES string of the molecule is CC(=O)N(Sc1ccccc1)c1ccccc1. The number of nitrogens with zero attached hydrogens (tertiary/aromatic N) is 1. The summed E-state index contributed by atoms with van der Waals surface area (Å²) in [5.74, 6) is 0.0186. The fourth-order valence-electron chi connectivity index (χ4n) is 1.45. The van der Waals surface area contributed by atoms with Crippen molar-refractivity contribution in [1.29, 1.82) is 0 Å². The molecule has 2 rings (SSSR count). The predicted octanol–water partition coefficient (Wildman–Crippen LogP) is 3.75. The summed E-state index contributed by atoms with van der Waals surface area (Å²) in [6.07, 6.45) is 0. The van der Waals surface area contributed by atoms with Gasteiger partial charge in [0, 0.05) is 11.8 Å². The van der Waals surface area contributed by atoms with Gasteiger partial charge < -0.3 is 0 Å². The Bertz CT molecular complexity index is 484. The van der Waals surface area contributed by atoms with Crippen molar-refractivity contribution in [1.82, 2.24) is 0 Å². The summed E-state index contributed by atoms with van der Waals surface area (Å²) in [7, 11) is 0. The van der Waals surface area contributed by atoms with E-state index in [1.54, 1.807) is 11.2 Å². The number of para-hydroxylation sites is 1. The molecule has 0 aliphatic carbocycles. The van der Waals surface area contributed by atoms with Crippen LogP contribution in [0.25, 0.3) is 0 Å². The molecule has 0 spiro atoms. The van der Waals surface area contributed by atoms with Crippen LogP contribution in [0.15, 0.2) is 65.6 Å². The molecule has 1 amide bonds. The van der Waals surface area contributed by atoms with Gasteiger partial charge in [-0.3, -0.25) is 4.79 Å². The highest BCUT2D eigenvalue weighted by Crippen LogP contribution is 2.28. The third-order valence-electron chi connectivity index (χ3n) is 2.22. The van der Waals surface area contributed by atoms with Gasteiger partial charge in [0.25, 0.3) is 0 Å². The number of carbonyl (C=O) groups is 1. The summed E-state index contributed by atoms with van der Waals surface area (Å²) in [4.78, 5) is 12.7. The Morgan fingerprint density at radius 2 is 1.47 bits per heavy atom. The van der Waals surface area contributed by atoms with E-state index in [9.17, 15) is 4.79 Å². The maximum absolute atomic E-state index is 11.7. The normalized spacial score (nSPS) is 9.94. The van der Waals surface area contributed by atoms with Crippen molar-refractivity contribution in [2.45, 2.75) is 11.8 Å². The molecular weight excluding hydrogens is 230 g/mol.